The highest BCUT2D eigenvalue weighted by Gasteiger charge is 2.31. The predicted molar refractivity (Wildman–Crippen MR) is 99.1 cm³/mol. The highest BCUT2D eigenvalue weighted by Crippen LogP contribution is 2.34. The smallest absolute Gasteiger partial charge is 0.406 e. The molecule has 7 heteroatoms. The number of fused-ring (bicyclic) bond motifs is 1. The summed E-state index contributed by atoms with van der Waals surface area (Å²) in [6, 6.07) is 18.8. The minimum atomic E-state index is -4.77. The molecule has 0 aliphatic heterocycles. The molecular weight excluding hydrogens is 369 g/mol. The molecule has 0 fully saturated rings. The summed E-state index contributed by atoms with van der Waals surface area (Å²) in [6.07, 6.45) is -3.12. The molecule has 3 aromatic carbocycles. The van der Waals surface area contributed by atoms with Crippen LogP contribution >= 0.6 is 0 Å². The number of imidazole rings is 1. The second-order valence-electron chi connectivity index (χ2n) is 6.19. The summed E-state index contributed by atoms with van der Waals surface area (Å²) in [4.78, 5) is 4.41. The van der Waals surface area contributed by atoms with Gasteiger partial charge in [-0.05, 0) is 47.5 Å². The fourth-order valence-corrected chi connectivity index (χ4v) is 3.16. The molecule has 4 nitrogen and oxygen atoms in total. The molecule has 0 aliphatic carbocycles. The topological polar surface area (TPSA) is 47.3 Å². The van der Waals surface area contributed by atoms with Crippen molar-refractivity contribution in [2.75, 3.05) is 0 Å². The highest BCUT2D eigenvalue weighted by molar-refractivity contribution is 5.94. The summed E-state index contributed by atoms with van der Waals surface area (Å²) in [5.74, 6) is -0.307. The van der Waals surface area contributed by atoms with Crippen molar-refractivity contribution in [1.29, 1.82) is 0 Å². The van der Waals surface area contributed by atoms with Crippen molar-refractivity contribution in [3.8, 4) is 22.6 Å². The van der Waals surface area contributed by atoms with Crippen LogP contribution in [0.5, 0.6) is 5.75 Å². The van der Waals surface area contributed by atoms with Crippen molar-refractivity contribution in [2.45, 2.75) is 13.0 Å². The van der Waals surface area contributed by atoms with Crippen molar-refractivity contribution in [3.05, 3.63) is 78.6 Å². The fraction of sp³-hybridized carbons (Fsp3) is 0.0952. The molecular formula is C21H15F3N2O2. The summed E-state index contributed by atoms with van der Waals surface area (Å²) in [7, 11) is 0. The number of aliphatic hydroxyl groups excluding tert-OH is 1. The minimum absolute atomic E-state index is 0.208. The molecule has 0 atom stereocenters. The summed E-state index contributed by atoms with van der Waals surface area (Å²) in [5, 5.41) is 9.59. The van der Waals surface area contributed by atoms with Crippen molar-refractivity contribution in [2.24, 2.45) is 0 Å². The minimum Gasteiger partial charge on any atom is -0.406 e. The average Bonchev–Trinajstić information content (AvgIpc) is 3.10. The van der Waals surface area contributed by atoms with E-state index in [2.05, 4.69) is 9.72 Å². The summed E-state index contributed by atoms with van der Waals surface area (Å²) < 4.78 is 43.8. The van der Waals surface area contributed by atoms with E-state index >= 15 is 0 Å². The number of aromatic nitrogens is 2. The van der Waals surface area contributed by atoms with Gasteiger partial charge in [0, 0.05) is 11.3 Å². The van der Waals surface area contributed by atoms with Crippen molar-refractivity contribution in [1.82, 2.24) is 9.55 Å². The van der Waals surface area contributed by atoms with E-state index in [1.54, 1.807) is 24.5 Å². The number of hydrogen-bond donors (Lipinski definition) is 1. The molecule has 0 bridgehead atoms. The summed E-state index contributed by atoms with van der Waals surface area (Å²) >= 11 is 0. The lowest BCUT2D eigenvalue weighted by Gasteiger charge is -2.13. The summed E-state index contributed by atoms with van der Waals surface area (Å²) in [5.41, 5.74) is 4.02. The number of alkyl halides is 3. The highest BCUT2D eigenvalue weighted by atomic mass is 19.4. The van der Waals surface area contributed by atoms with Crippen LogP contribution in [0.15, 0.2) is 73.1 Å². The Morgan fingerprint density at radius 3 is 2.46 bits per heavy atom. The van der Waals surface area contributed by atoms with E-state index in [0.717, 1.165) is 11.2 Å². The molecule has 1 aromatic heterocycles. The number of aliphatic hydroxyl groups is 1. The van der Waals surface area contributed by atoms with Crippen LogP contribution in [0.1, 0.15) is 5.56 Å². The van der Waals surface area contributed by atoms with Gasteiger partial charge in [0.15, 0.2) is 0 Å². The molecule has 0 aliphatic rings. The average molecular weight is 384 g/mol. The van der Waals surface area contributed by atoms with E-state index in [1.165, 1.54) is 18.2 Å². The second kappa shape index (κ2) is 7.01. The molecule has 0 amide bonds. The zero-order valence-corrected chi connectivity index (χ0v) is 14.5. The number of halogens is 3. The van der Waals surface area contributed by atoms with Gasteiger partial charge in [-0.1, -0.05) is 30.3 Å². The predicted octanol–water partition coefficient (Wildman–Crippen LogP) is 5.08. The molecule has 0 saturated carbocycles. The van der Waals surface area contributed by atoms with Crippen LogP contribution in [0.25, 0.3) is 27.8 Å². The SMILES string of the molecule is OCc1cc(-c2cccc(OC(F)(F)F)c2)c2c(c1)ncn2-c1ccccc1. The number of rotatable bonds is 4. The van der Waals surface area contributed by atoms with Crippen LogP contribution < -0.4 is 4.74 Å². The normalized spacial score (nSPS) is 11.7. The molecule has 0 spiro atoms. The lowest BCUT2D eigenvalue weighted by atomic mass is 10.0. The van der Waals surface area contributed by atoms with Gasteiger partial charge in [0.1, 0.15) is 12.1 Å². The van der Waals surface area contributed by atoms with Gasteiger partial charge >= 0.3 is 6.36 Å². The molecule has 142 valence electrons. The molecule has 4 rings (SSSR count). The molecule has 1 N–H and O–H groups in total. The zero-order valence-electron chi connectivity index (χ0n) is 14.5. The Balaban J connectivity index is 1.93. The maximum atomic E-state index is 12.6. The Hall–Kier alpha value is -3.32. The Kier molecular flexibility index (Phi) is 4.52. The number of para-hydroxylation sites is 1. The first kappa shape index (κ1) is 18.1. The third-order valence-corrected chi connectivity index (χ3v) is 4.30. The van der Waals surface area contributed by atoms with Gasteiger partial charge < -0.3 is 9.84 Å². The Bertz CT molecular complexity index is 1120. The Labute approximate surface area is 158 Å². The van der Waals surface area contributed by atoms with E-state index in [9.17, 15) is 18.3 Å². The first-order chi connectivity index (χ1) is 13.4. The van der Waals surface area contributed by atoms with Gasteiger partial charge in [0.05, 0.1) is 17.6 Å². The standard InChI is InChI=1S/C21H15F3N2O2/c22-21(23,24)28-17-8-4-5-15(11-17)18-9-14(12-27)10-19-20(18)26(13-25-19)16-6-2-1-3-7-16/h1-11,13,27H,12H2. The maximum Gasteiger partial charge on any atom is 0.573 e. The quantitative estimate of drug-likeness (QED) is 0.534. The maximum absolute atomic E-state index is 12.6. The molecule has 1 heterocycles. The van der Waals surface area contributed by atoms with E-state index in [1.807, 2.05) is 34.9 Å². The van der Waals surface area contributed by atoms with Gasteiger partial charge in [-0.25, -0.2) is 4.98 Å². The van der Waals surface area contributed by atoms with Crippen LogP contribution in [0.3, 0.4) is 0 Å². The van der Waals surface area contributed by atoms with Gasteiger partial charge in [-0.2, -0.15) is 0 Å². The Morgan fingerprint density at radius 2 is 1.75 bits per heavy atom. The third-order valence-electron chi connectivity index (χ3n) is 4.30. The first-order valence-electron chi connectivity index (χ1n) is 8.47. The zero-order chi connectivity index (χ0) is 19.7. The number of benzene rings is 3. The molecule has 0 saturated heterocycles. The number of ether oxygens (including phenoxy) is 1. The number of hydrogen-bond acceptors (Lipinski definition) is 3. The van der Waals surface area contributed by atoms with Crippen LogP contribution in [0.4, 0.5) is 13.2 Å². The van der Waals surface area contributed by atoms with Crippen molar-refractivity contribution in [3.63, 3.8) is 0 Å². The Morgan fingerprint density at radius 1 is 0.964 bits per heavy atom. The van der Waals surface area contributed by atoms with Crippen molar-refractivity contribution >= 4 is 11.0 Å². The lowest BCUT2D eigenvalue weighted by Crippen LogP contribution is -2.17. The monoisotopic (exact) mass is 384 g/mol. The molecule has 0 radical (unpaired) electrons. The van der Waals surface area contributed by atoms with Crippen LogP contribution in [-0.2, 0) is 6.61 Å². The van der Waals surface area contributed by atoms with Crippen LogP contribution in [0, 0.1) is 0 Å². The lowest BCUT2D eigenvalue weighted by molar-refractivity contribution is -0.274. The van der Waals surface area contributed by atoms with Gasteiger partial charge in [0.2, 0.25) is 0 Å². The van der Waals surface area contributed by atoms with Gasteiger partial charge in [-0.15, -0.1) is 13.2 Å². The van der Waals surface area contributed by atoms with E-state index < -0.39 is 6.36 Å². The van der Waals surface area contributed by atoms with Crippen molar-refractivity contribution < 1.29 is 23.0 Å². The molecule has 28 heavy (non-hydrogen) atoms. The second-order valence-corrected chi connectivity index (χ2v) is 6.19. The number of nitrogens with zero attached hydrogens (tertiary/aromatic N) is 2. The fourth-order valence-electron chi connectivity index (χ4n) is 3.16. The molecule has 0 unspecified atom stereocenters. The molecule has 4 aromatic rings. The van der Waals surface area contributed by atoms with Crippen LogP contribution in [0.2, 0.25) is 0 Å². The van der Waals surface area contributed by atoms with E-state index in [4.69, 9.17) is 0 Å². The van der Waals surface area contributed by atoms with E-state index in [0.29, 0.717) is 22.2 Å². The van der Waals surface area contributed by atoms with Gasteiger partial charge in [-0.3, -0.25) is 4.57 Å². The van der Waals surface area contributed by atoms with Gasteiger partial charge in [0.25, 0.3) is 0 Å². The third kappa shape index (κ3) is 3.57. The van der Waals surface area contributed by atoms with Crippen LogP contribution in [-0.4, -0.2) is 21.0 Å². The first-order valence-corrected chi connectivity index (χ1v) is 8.47. The largest absolute Gasteiger partial charge is 0.573 e. The summed E-state index contributed by atoms with van der Waals surface area (Å²) in [6.45, 7) is -0.208. The van der Waals surface area contributed by atoms with E-state index in [-0.39, 0.29) is 12.4 Å².